The van der Waals surface area contributed by atoms with Crippen molar-refractivity contribution in [1.82, 2.24) is 14.7 Å². The van der Waals surface area contributed by atoms with E-state index in [4.69, 9.17) is 0 Å². The second-order valence-corrected chi connectivity index (χ2v) is 12.3. The maximum atomic E-state index is 2.77. The number of unbranched alkanes of at least 4 members (excludes halogenated alkanes) is 6. The lowest BCUT2D eigenvalue weighted by Crippen LogP contribution is -2.31. The van der Waals surface area contributed by atoms with Crippen LogP contribution in [0.3, 0.4) is 0 Å². The maximum absolute atomic E-state index is 2.77. The summed E-state index contributed by atoms with van der Waals surface area (Å²) in [6.45, 7) is 32.1. The minimum atomic E-state index is 1.12. The summed E-state index contributed by atoms with van der Waals surface area (Å²) in [7, 11) is 0. The summed E-state index contributed by atoms with van der Waals surface area (Å²) in [6.07, 6.45) is 15.5. The van der Waals surface area contributed by atoms with Gasteiger partial charge in [0.1, 0.15) is 0 Å². The molecular weight excluding hydrogens is 474 g/mol. The maximum Gasteiger partial charge on any atom is 0.0239 e. The molecule has 0 radical (unpaired) electrons. The Labute approximate surface area is 246 Å². The van der Waals surface area contributed by atoms with Gasteiger partial charge < -0.3 is 0 Å². The van der Waals surface area contributed by atoms with E-state index in [1.807, 2.05) is 0 Å². The average Bonchev–Trinajstić information content (AvgIpc) is 2.94. The molecule has 0 spiro atoms. The predicted molar refractivity (Wildman–Crippen MR) is 176 cm³/mol. The molecule has 0 amide bonds. The van der Waals surface area contributed by atoms with E-state index >= 15 is 0 Å². The first-order chi connectivity index (χ1) is 18.9. The molecule has 0 aliphatic heterocycles. The van der Waals surface area contributed by atoms with E-state index in [0.717, 1.165) is 19.6 Å². The summed E-state index contributed by atoms with van der Waals surface area (Å²) in [5.74, 6) is 0. The first-order valence-electron chi connectivity index (χ1n) is 17.1. The van der Waals surface area contributed by atoms with Gasteiger partial charge >= 0.3 is 0 Å². The molecule has 3 heteroatoms. The van der Waals surface area contributed by atoms with Crippen molar-refractivity contribution in [3.05, 3.63) is 33.4 Å². The molecule has 0 heterocycles. The van der Waals surface area contributed by atoms with Gasteiger partial charge in [0, 0.05) is 19.6 Å². The smallest absolute Gasteiger partial charge is 0.0239 e. The van der Waals surface area contributed by atoms with Crippen LogP contribution in [-0.2, 0) is 19.6 Å². The lowest BCUT2D eigenvalue weighted by Gasteiger charge is -2.32. The highest BCUT2D eigenvalue weighted by Gasteiger charge is 2.22. The van der Waals surface area contributed by atoms with Crippen LogP contribution in [0.1, 0.15) is 152 Å². The first kappa shape index (κ1) is 36.1. The van der Waals surface area contributed by atoms with Gasteiger partial charge in [-0.1, -0.05) is 80.1 Å². The fourth-order valence-electron chi connectivity index (χ4n) is 5.87. The molecule has 0 bridgehead atoms. The summed E-state index contributed by atoms with van der Waals surface area (Å²) in [5, 5.41) is 0. The minimum Gasteiger partial charge on any atom is -0.299 e. The molecule has 1 rings (SSSR count). The first-order valence-corrected chi connectivity index (χ1v) is 17.1. The Kier molecular flexibility index (Phi) is 20.2. The number of hydrogen-bond acceptors (Lipinski definition) is 3. The average molecular weight is 544 g/mol. The molecule has 0 saturated carbocycles. The van der Waals surface area contributed by atoms with Gasteiger partial charge in [0.05, 0.1) is 0 Å². The summed E-state index contributed by atoms with van der Waals surface area (Å²) in [4.78, 5) is 8.30. The summed E-state index contributed by atoms with van der Waals surface area (Å²) in [5.41, 5.74) is 9.65. The zero-order valence-electron chi connectivity index (χ0n) is 28.2. The lowest BCUT2D eigenvalue weighted by atomic mass is 9.87. The Morgan fingerprint density at radius 3 is 0.667 bits per heavy atom. The number of hydrogen-bond donors (Lipinski definition) is 0. The molecular formula is C36H69N3. The highest BCUT2D eigenvalue weighted by atomic mass is 15.1. The third-order valence-corrected chi connectivity index (χ3v) is 8.83. The molecule has 3 nitrogen and oxygen atoms in total. The minimum absolute atomic E-state index is 1.12. The quantitative estimate of drug-likeness (QED) is 0.128. The summed E-state index contributed by atoms with van der Waals surface area (Å²) in [6, 6.07) is 0. The number of benzene rings is 1. The molecule has 1 aromatic rings. The Morgan fingerprint density at radius 2 is 0.513 bits per heavy atom. The fourth-order valence-corrected chi connectivity index (χ4v) is 5.87. The van der Waals surface area contributed by atoms with Gasteiger partial charge in [-0.05, 0) is 132 Å². The highest BCUT2D eigenvalue weighted by Crippen LogP contribution is 2.31. The molecule has 1 aromatic carbocycles. The highest BCUT2D eigenvalue weighted by molar-refractivity contribution is 5.50. The Morgan fingerprint density at radius 1 is 0.333 bits per heavy atom. The normalized spacial score (nSPS) is 12.0. The van der Waals surface area contributed by atoms with Crippen molar-refractivity contribution in [2.75, 3.05) is 39.3 Å². The van der Waals surface area contributed by atoms with E-state index in [-0.39, 0.29) is 0 Å². The molecule has 0 aliphatic rings. The van der Waals surface area contributed by atoms with Gasteiger partial charge in [-0.15, -0.1) is 0 Å². The fraction of sp³-hybridized carbons (Fsp3) is 0.833. The van der Waals surface area contributed by atoms with Crippen LogP contribution in [-0.4, -0.2) is 54.0 Å². The van der Waals surface area contributed by atoms with Crippen LogP contribution in [0, 0.1) is 20.8 Å². The number of nitrogens with zero attached hydrogens (tertiary/aromatic N) is 3. The molecule has 0 atom stereocenters. The van der Waals surface area contributed by atoms with Crippen molar-refractivity contribution in [3.8, 4) is 0 Å². The predicted octanol–water partition coefficient (Wildman–Crippen LogP) is 9.82. The van der Waals surface area contributed by atoms with E-state index in [1.165, 1.54) is 116 Å². The second-order valence-electron chi connectivity index (χ2n) is 12.3. The molecule has 0 saturated heterocycles. The lowest BCUT2D eigenvalue weighted by molar-refractivity contribution is 0.247. The van der Waals surface area contributed by atoms with E-state index in [2.05, 4.69) is 77.0 Å². The summed E-state index contributed by atoms with van der Waals surface area (Å²) >= 11 is 0. The van der Waals surface area contributed by atoms with Gasteiger partial charge in [-0.2, -0.15) is 0 Å². The van der Waals surface area contributed by atoms with Crippen molar-refractivity contribution in [2.45, 2.75) is 159 Å². The van der Waals surface area contributed by atoms with Crippen LogP contribution < -0.4 is 0 Å². The van der Waals surface area contributed by atoms with Crippen LogP contribution in [0.25, 0.3) is 0 Å². The van der Waals surface area contributed by atoms with Crippen LogP contribution in [0.15, 0.2) is 0 Å². The zero-order chi connectivity index (χ0) is 29.0. The molecule has 0 aromatic heterocycles. The third kappa shape index (κ3) is 13.1. The largest absolute Gasteiger partial charge is 0.299 e. The SMILES string of the molecule is CCCCN(CCCC)Cc1c(C)c(CN(CCCC)CCCC)c(C)c(CN(CCCC)CCCC)c1C. The molecule has 0 N–H and O–H groups in total. The van der Waals surface area contributed by atoms with Crippen LogP contribution in [0.4, 0.5) is 0 Å². The van der Waals surface area contributed by atoms with Crippen LogP contribution in [0.5, 0.6) is 0 Å². The second kappa shape index (κ2) is 21.8. The zero-order valence-corrected chi connectivity index (χ0v) is 28.2. The summed E-state index contributed by atoms with van der Waals surface area (Å²) < 4.78 is 0. The van der Waals surface area contributed by atoms with Crippen LogP contribution in [0.2, 0.25) is 0 Å². The van der Waals surface area contributed by atoms with Gasteiger partial charge in [0.2, 0.25) is 0 Å². The van der Waals surface area contributed by atoms with E-state index in [9.17, 15) is 0 Å². The molecule has 0 unspecified atom stereocenters. The third-order valence-electron chi connectivity index (χ3n) is 8.83. The van der Waals surface area contributed by atoms with Crippen molar-refractivity contribution in [1.29, 1.82) is 0 Å². The van der Waals surface area contributed by atoms with Gasteiger partial charge in [-0.3, -0.25) is 14.7 Å². The van der Waals surface area contributed by atoms with Crippen LogP contribution >= 0.6 is 0 Å². The number of rotatable bonds is 24. The van der Waals surface area contributed by atoms with E-state index in [0.29, 0.717) is 0 Å². The Hall–Kier alpha value is -0.900. The standard InChI is InChI=1S/C36H69N3/c1-10-16-22-37(23-17-11-2)28-34-31(7)35(29-38(24-18-12-3)25-19-13-4)33(9)36(32(34)8)30-39(26-20-14-5)27-21-15-6/h10-30H2,1-9H3. The van der Waals surface area contributed by atoms with Crippen molar-refractivity contribution >= 4 is 0 Å². The van der Waals surface area contributed by atoms with Crippen molar-refractivity contribution in [3.63, 3.8) is 0 Å². The topological polar surface area (TPSA) is 9.72 Å². The molecule has 0 fully saturated rings. The van der Waals surface area contributed by atoms with E-state index in [1.54, 1.807) is 33.4 Å². The Balaban J connectivity index is 3.56. The van der Waals surface area contributed by atoms with Gasteiger partial charge in [0.15, 0.2) is 0 Å². The van der Waals surface area contributed by atoms with Crippen molar-refractivity contribution in [2.24, 2.45) is 0 Å². The van der Waals surface area contributed by atoms with Gasteiger partial charge in [0.25, 0.3) is 0 Å². The molecule has 39 heavy (non-hydrogen) atoms. The monoisotopic (exact) mass is 544 g/mol. The van der Waals surface area contributed by atoms with Crippen molar-refractivity contribution < 1.29 is 0 Å². The molecule has 228 valence electrons. The molecule has 0 aliphatic carbocycles. The Bertz CT molecular complexity index is 611. The van der Waals surface area contributed by atoms with E-state index < -0.39 is 0 Å². The van der Waals surface area contributed by atoms with Gasteiger partial charge in [-0.25, -0.2) is 0 Å².